The van der Waals surface area contributed by atoms with E-state index in [0.29, 0.717) is 64.7 Å². The van der Waals surface area contributed by atoms with Crippen LogP contribution in [0.1, 0.15) is 11.1 Å². The lowest BCUT2D eigenvalue weighted by Gasteiger charge is -2.33. The molecule has 42 heavy (non-hydrogen) atoms. The number of hydrogen-bond acceptors (Lipinski definition) is 9. The van der Waals surface area contributed by atoms with Gasteiger partial charge in [0.25, 0.3) is 0 Å². The molecule has 2 aliphatic heterocycles. The lowest BCUT2D eigenvalue weighted by atomic mass is 10.2. The van der Waals surface area contributed by atoms with Crippen molar-refractivity contribution >= 4 is 41.6 Å². The van der Waals surface area contributed by atoms with Crippen LogP contribution in [0, 0.1) is 0 Å². The monoisotopic (exact) mass is 654 g/mol. The molecule has 0 N–H and O–H groups in total. The largest absolute Gasteiger partial charge is 0.296 e. The maximum absolute atomic E-state index is 12.8. The molecule has 0 saturated carbocycles. The van der Waals surface area contributed by atoms with Crippen molar-refractivity contribution in [3.05, 3.63) is 83.1 Å². The Balaban J connectivity index is 1.17. The number of piperazine rings is 2. The minimum atomic E-state index is -3.50. The average molecular weight is 655 g/mol. The maximum atomic E-state index is 12.8. The highest BCUT2D eigenvalue weighted by Crippen LogP contribution is 2.21. The Morgan fingerprint density at radius 2 is 1.14 bits per heavy atom. The van der Waals surface area contributed by atoms with Crippen molar-refractivity contribution in [3.63, 3.8) is 0 Å². The molecule has 2 aromatic carbocycles. The summed E-state index contributed by atoms with van der Waals surface area (Å²) in [5.74, 6) is 0.530. The topological polar surface area (TPSA) is 115 Å². The first kappa shape index (κ1) is 32.9. The minimum Gasteiger partial charge on any atom is -0.296 e. The molecule has 2 heterocycles. The molecule has 2 fully saturated rings. The molecule has 4 rings (SSSR count). The van der Waals surface area contributed by atoms with Crippen LogP contribution in [0.5, 0.6) is 0 Å². The summed E-state index contributed by atoms with van der Waals surface area (Å²) in [6.45, 7) is 9.03. The highest BCUT2D eigenvalue weighted by atomic mass is 32.2. The van der Waals surface area contributed by atoms with Crippen LogP contribution in [0.25, 0.3) is 0 Å². The van der Waals surface area contributed by atoms with Crippen molar-refractivity contribution in [2.45, 2.75) is 22.9 Å². The Morgan fingerprint density at radius 3 is 1.60 bits per heavy atom. The van der Waals surface area contributed by atoms with Crippen LogP contribution in [0.3, 0.4) is 0 Å². The van der Waals surface area contributed by atoms with Crippen LogP contribution in [0.15, 0.2) is 81.8 Å². The predicted molar refractivity (Wildman–Crippen MR) is 168 cm³/mol. The second-order valence-corrected chi connectivity index (χ2v) is 17.2. The average Bonchev–Trinajstić information content (AvgIpc) is 2.96. The first-order valence-electron chi connectivity index (χ1n) is 13.6. The van der Waals surface area contributed by atoms with Gasteiger partial charge in [0, 0.05) is 93.2 Å². The van der Waals surface area contributed by atoms with Gasteiger partial charge in [-0.3, -0.25) is 9.80 Å². The van der Waals surface area contributed by atoms with Gasteiger partial charge in [0.05, 0.1) is 4.90 Å². The fourth-order valence-electron chi connectivity index (χ4n) is 4.83. The summed E-state index contributed by atoms with van der Waals surface area (Å²) >= 11 is 1.56. The maximum Gasteiger partial charge on any atom is 0.236 e. The summed E-state index contributed by atoms with van der Waals surface area (Å²) in [4.78, 5) is 5.72. The number of sulfonamides is 2. The molecule has 0 unspecified atom stereocenters. The molecule has 2 aromatic rings. The van der Waals surface area contributed by atoms with E-state index >= 15 is 0 Å². The van der Waals surface area contributed by atoms with Crippen molar-refractivity contribution in [1.29, 1.82) is 0 Å². The number of nitrogens with zero attached hydrogens (tertiary/aromatic N) is 4. The highest BCUT2D eigenvalue weighted by molar-refractivity contribution is 7.99. The normalized spacial score (nSPS) is 18.9. The van der Waals surface area contributed by atoms with Crippen molar-refractivity contribution in [1.82, 2.24) is 18.4 Å². The van der Waals surface area contributed by atoms with Crippen LogP contribution in [0.4, 0.5) is 0 Å². The van der Waals surface area contributed by atoms with Gasteiger partial charge in [-0.1, -0.05) is 36.9 Å². The van der Waals surface area contributed by atoms with E-state index in [2.05, 4.69) is 28.5 Å². The fourth-order valence-corrected chi connectivity index (χ4v) is 8.36. The van der Waals surface area contributed by atoms with E-state index in [1.165, 1.54) is 20.3 Å². The van der Waals surface area contributed by atoms with Crippen LogP contribution in [-0.4, -0.2) is 108 Å². The summed E-state index contributed by atoms with van der Waals surface area (Å²) in [5, 5.41) is 2.29. The van der Waals surface area contributed by atoms with Gasteiger partial charge in [-0.2, -0.15) is 8.61 Å². The van der Waals surface area contributed by atoms with Crippen molar-refractivity contribution in [3.8, 4) is 0 Å². The number of thioether (sulfide) groups is 1. The molecule has 0 atom stereocenters. The smallest absolute Gasteiger partial charge is 0.236 e. The SMILES string of the molecule is C=CS(=O)(=O)N1CCN(Cc2ccc(SC/C=C\S(=O)(=O)N3CCN(Cc4ccc(S(C)(=O)=O)cc4)CC3)cc2)CC1. The molecule has 0 amide bonds. The van der Waals surface area contributed by atoms with Gasteiger partial charge in [-0.15, -0.1) is 11.8 Å². The van der Waals surface area contributed by atoms with E-state index < -0.39 is 29.9 Å². The van der Waals surface area contributed by atoms with Crippen molar-refractivity contribution in [2.75, 3.05) is 64.4 Å². The molecule has 0 spiro atoms. The third-order valence-corrected chi connectivity index (χ3v) is 12.5. The molecule has 0 aliphatic carbocycles. The number of hydrogen-bond donors (Lipinski definition) is 0. The number of benzene rings is 2. The predicted octanol–water partition coefficient (Wildman–Crippen LogP) is 2.43. The minimum absolute atomic E-state index is 0.288. The Kier molecular flexibility index (Phi) is 11.1. The summed E-state index contributed by atoms with van der Waals surface area (Å²) in [6.07, 6.45) is 2.86. The van der Waals surface area contributed by atoms with Gasteiger partial charge < -0.3 is 0 Å². The lowest BCUT2D eigenvalue weighted by molar-refractivity contribution is 0.182. The molecule has 0 aromatic heterocycles. The molecule has 2 aliphatic rings. The first-order chi connectivity index (χ1) is 19.9. The van der Waals surface area contributed by atoms with Gasteiger partial charge in [-0.25, -0.2) is 25.3 Å². The first-order valence-corrected chi connectivity index (χ1v) is 19.5. The van der Waals surface area contributed by atoms with Gasteiger partial charge >= 0.3 is 0 Å². The molecular formula is C28H38N4O6S4. The lowest BCUT2D eigenvalue weighted by Crippen LogP contribution is -2.47. The van der Waals surface area contributed by atoms with E-state index in [4.69, 9.17) is 0 Å². The molecule has 0 bridgehead atoms. The third kappa shape index (κ3) is 9.23. The quantitative estimate of drug-likeness (QED) is 0.319. The number of rotatable bonds is 12. The van der Waals surface area contributed by atoms with E-state index in [-0.39, 0.29) is 4.90 Å². The van der Waals surface area contributed by atoms with Crippen LogP contribution in [0.2, 0.25) is 0 Å². The van der Waals surface area contributed by atoms with E-state index in [9.17, 15) is 25.3 Å². The fraction of sp³-hybridized carbons (Fsp3) is 0.429. The summed E-state index contributed by atoms with van der Waals surface area (Å²) in [5.41, 5.74) is 2.13. The van der Waals surface area contributed by atoms with Gasteiger partial charge in [0.2, 0.25) is 20.0 Å². The zero-order chi connectivity index (χ0) is 30.4. The summed E-state index contributed by atoms with van der Waals surface area (Å²) in [6, 6.07) is 15.0. The Labute approximate surface area is 254 Å². The van der Waals surface area contributed by atoms with Crippen molar-refractivity contribution in [2.24, 2.45) is 0 Å². The molecule has 14 heteroatoms. The highest BCUT2D eigenvalue weighted by Gasteiger charge is 2.26. The number of sulfone groups is 1. The summed E-state index contributed by atoms with van der Waals surface area (Å²) < 4.78 is 75.8. The van der Waals surface area contributed by atoms with Crippen LogP contribution >= 0.6 is 11.8 Å². The molecular weight excluding hydrogens is 617 g/mol. The molecule has 10 nitrogen and oxygen atoms in total. The van der Waals surface area contributed by atoms with E-state index in [0.717, 1.165) is 28.0 Å². The molecule has 0 radical (unpaired) electrons. The zero-order valence-electron chi connectivity index (χ0n) is 23.7. The Morgan fingerprint density at radius 1 is 0.690 bits per heavy atom. The second-order valence-electron chi connectivity index (χ2n) is 10.3. The zero-order valence-corrected chi connectivity index (χ0v) is 27.0. The summed E-state index contributed by atoms with van der Waals surface area (Å²) in [7, 11) is -10.1. The van der Waals surface area contributed by atoms with Gasteiger partial charge in [-0.05, 0) is 35.4 Å². The standard InChI is InChI=1S/C28H38N4O6S4/c1-3-41(35,36)31-17-13-29(14-18-31)23-25-5-9-27(10-6-25)39-21-4-22-42(37,38)32-19-15-30(16-20-32)24-26-7-11-28(12-8-26)40(2,33)34/h3-12,22H,1,13-21,23-24H2,2H3/b22-4-. The van der Waals surface area contributed by atoms with Crippen LogP contribution in [-0.2, 0) is 43.0 Å². The van der Waals surface area contributed by atoms with Gasteiger partial charge in [0.15, 0.2) is 9.84 Å². The molecule has 2 saturated heterocycles. The van der Waals surface area contributed by atoms with E-state index in [1.54, 1.807) is 42.1 Å². The van der Waals surface area contributed by atoms with Crippen LogP contribution < -0.4 is 0 Å². The van der Waals surface area contributed by atoms with Gasteiger partial charge in [0.1, 0.15) is 0 Å². The Bertz CT molecular complexity index is 1560. The molecule has 230 valence electrons. The second kappa shape index (κ2) is 14.2. The Hall–Kier alpha value is -2.04. The van der Waals surface area contributed by atoms with E-state index in [1.807, 2.05) is 12.1 Å². The third-order valence-electron chi connectivity index (χ3n) is 7.29. The van der Waals surface area contributed by atoms with Crippen molar-refractivity contribution < 1.29 is 25.3 Å².